The van der Waals surface area contributed by atoms with Crippen LogP contribution < -0.4 is 15.8 Å². The number of benzene rings is 2. The second-order valence-electron chi connectivity index (χ2n) is 4.56. The van der Waals surface area contributed by atoms with E-state index in [0.29, 0.717) is 0 Å². The van der Waals surface area contributed by atoms with Crippen LogP contribution in [0.15, 0.2) is 48.5 Å². The van der Waals surface area contributed by atoms with Crippen molar-refractivity contribution in [2.45, 2.75) is 12.5 Å². The van der Waals surface area contributed by atoms with Crippen LogP contribution in [0.2, 0.25) is 0 Å². The average molecular weight is 240 g/mol. The summed E-state index contributed by atoms with van der Waals surface area (Å²) in [5, 5.41) is 3.36. The van der Waals surface area contributed by atoms with E-state index in [2.05, 4.69) is 17.4 Å². The van der Waals surface area contributed by atoms with Gasteiger partial charge in [0.15, 0.2) is 0 Å². The zero-order valence-electron chi connectivity index (χ0n) is 10.1. The number of nitrogens with one attached hydrogen (secondary N) is 1. The average Bonchev–Trinajstić information content (AvgIpc) is 2.79. The van der Waals surface area contributed by atoms with Gasteiger partial charge in [0.1, 0.15) is 11.9 Å². The molecule has 0 saturated carbocycles. The van der Waals surface area contributed by atoms with E-state index in [1.54, 1.807) is 0 Å². The maximum absolute atomic E-state index is 5.87. The third-order valence-corrected chi connectivity index (χ3v) is 3.13. The van der Waals surface area contributed by atoms with Gasteiger partial charge in [0.05, 0.1) is 6.54 Å². The Labute approximate surface area is 107 Å². The molecule has 2 aromatic rings. The summed E-state index contributed by atoms with van der Waals surface area (Å²) >= 11 is 0. The minimum atomic E-state index is 0.198. The maximum Gasteiger partial charge on any atom is 0.123 e. The molecule has 3 rings (SSSR count). The number of hydrogen-bond donors (Lipinski definition) is 2. The van der Waals surface area contributed by atoms with Crippen LogP contribution in [-0.4, -0.2) is 12.6 Å². The van der Waals surface area contributed by atoms with Crippen LogP contribution in [0.1, 0.15) is 5.56 Å². The molecule has 2 aromatic carbocycles. The van der Waals surface area contributed by atoms with Crippen LogP contribution in [-0.2, 0) is 6.42 Å². The summed E-state index contributed by atoms with van der Waals surface area (Å²) in [6.45, 7) is 0.790. The zero-order chi connectivity index (χ0) is 12.4. The first-order valence-corrected chi connectivity index (χ1v) is 6.15. The Morgan fingerprint density at radius 3 is 2.89 bits per heavy atom. The highest BCUT2D eigenvalue weighted by molar-refractivity contribution is 5.54. The van der Waals surface area contributed by atoms with E-state index >= 15 is 0 Å². The summed E-state index contributed by atoms with van der Waals surface area (Å²) in [7, 11) is 0. The highest BCUT2D eigenvalue weighted by Crippen LogP contribution is 2.28. The lowest BCUT2D eigenvalue weighted by molar-refractivity contribution is 0.246. The van der Waals surface area contributed by atoms with E-state index in [0.717, 1.165) is 30.1 Å². The highest BCUT2D eigenvalue weighted by atomic mass is 16.5. The molecule has 92 valence electrons. The number of nitrogen functional groups attached to an aromatic ring is 1. The third kappa shape index (κ3) is 2.25. The SMILES string of the molecule is Nc1cccc(NCC2Cc3ccccc3O2)c1. The fourth-order valence-corrected chi connectivity index (χ4v) is 2.25. The minimum Gasteiger partial charge on any atom is -0.488 e. The highest BCUT2D eigenvalue weighted by Gasteiger charge is 2.21. The molecule has 0 aliphatic carbocycles. The molecule has 3 heteroatoms. The summed E-state index contributed by atoms with van der Waals surface area (Å²) in [6, 6.07) is 16.0. The molecule has 1 unspecified atom stereocenters. The second-order valence-corrected chi connectivity index (χ2v) is 4.56. The van der Waals surface area contributed by atoms with E-state index in [1.165, 1.54) is 5.56 Å². The van der Waals surface area contributed by atoms with Crippen LogP contribution in [0, 0.1) is 0 Å². The van der Waals surface area contributed by atoms with Gasteiger partial charge in [-0.25, -0.2) is 0 Å². The van der Waals surface area contributed by atoms with Crippen molar-refractivity contribution in [3.05, 3.63) is 54.1 Å². The van der Waals surface area contributed by atoms with Crippen molar-refractivity contribution in [1.29, 1.82) is 0 Å². The molecule has 0 amide bonds. The van der Waals surface area contributed by atoms with Gasteiger partial charge < -0.3 is 15.8 Å². The molecule has 0 aromatic heterocycles. The van der Waals surface area contributed by atoms with Crippen molar-refractivity contribution >= 4 is 11.4 Å². The van der Waals surface area contributed by atoms with Crippen LogP contribution in [0.25, 0.3) is 0 Å². The molecule has 1 atom stereocenters. The van der Waals surface area contributed by atoms with Gasteiger partial charge in [-0.1, -0.05) is 24.3 Å². The molecule has 0 spiro atoms. The molecular weight excluding hydrogens is 224 g/mol. The normalized spacial score (nSPS) is 17.0. The molecule has 1 heterocycles. The Balaban J connectivity index is 1.60. The lowest BCUT2D eigenvalue weighted by atomic mass is 10.1. The predicted octanol–water partition coefficient (Wildman–Crippen LogP) is 2.68. The molecule has 1 aliphatic rings. The molecular formula is C15H16N2O. The van der Waals surface area contributed by atoms with Crippen molar-refractivity contribution in [2.75, 3.05) is 17.6 Å². The summed E-state index contributed by atoms with van der Waals surface area (Å²) < 4.78 is 5.87. The van der Waals surface area contributed by atoms with Crippen LogP contribution >= 0.6 is 0 Å². The quantitative estimate of drug-likeness (QED) is 0.811. The summed E-state index contributed by atoms with van der Waals surface area (Å²) in [6.07, 6.45) is 1.16. The fourth-order valence-electron chi connectivity index (χ4n) is 2.25. The Kier molecular flexibility index (Phi) is 2.81. The van der Waals surface area contributed by atoms with Gasteiger partial charge >= 0.3 is 0 Å². The fraction of sp³-hybridized carbons (Fsp3) is 0.200. The number of ether oxygens (including phenoxy) is 1. The van der Waals surface area contributed by atoms with Crippen LogP contribution in [0.5, 0.6) is 5.75 Å². The predicted molar refractivity (Wildman–Crippen MR) is 73.9 cm³/mol. The molecule has 1 aliphatic heterocycles. The first-order valence-electron chi connectivity index (χ1n) is 6.15. The van der Waals surface area contributed by atoms with Crippen molar-refractivity contribution in [3.8, 4) is 5.75 Å². The van der Waals surface area contributed by atoms with Crippen LogP contribution in [0.4, 0.5) is 11.4 Å². The topological polar surface area (TPSA) is 47.3 Å². The molecule has 0 fully saturated rings. The zero-order valence-corrected chi connectivity index (χ0v) is 10.1. The smallest absolute Gasteiger partial charge is 0.123 e. The number of para-hydroxylation sites is 1. The van der Waals surface area contributed by atoms with Gasteiger partial charge in [0.25, 0.3) is 0 Å². The van der Waals surface area contributed by atoms with Gasteiger partial charge in [0.2, 0.25) is 0 Å². The van der Waals surface area contributed by atoms with E-state index < -0.39 is 0 Å². The van der Waals surface area contributed by atoms with Gasteiger partial charge in [-0.3, -0.25) is 0 Å². The monoisotopic (exact) mass is 240 g/mol. The second kappa shape index (κ2) is 4.61. The Bertz CT molecular complexity index is 529. The van der Waals surface area contributed by atoms with Gasteiger partial charge in [-0.05, 0) is 29.8 Å². The Morgan fingerprint density at radius 2 is 2.06 bits per heavy atom. The van der Waals surface area contributed by atoms with E-state index in [9.17, 15) is 0 Å². The molecule has 3 N–H and O–H groups in total. The molecule has 0 saturated heterocycles. The van der Waals surface area contributed by atoms with Crippen molar-refractivity contribution in [1.82, 2.24) is 0 Å². The number of rotatable bonds is 3. The number of hydrogen-bond acceptors (Lipinski definition) is 3. The van der Waals surface area contributed by atoms with Crippen LogP contribution in [0.3, 0.4) is 0 Å². The van der Waals surface area contributed by atoms with E-state index in [1.807, 2.05) is 36.4 Å². The Morgan fingerprint density at radius 1 is 1.17 bits per heavy atom. The summed E-state index contributed by atoms with van der Waals surface area (Å²) in [5.74, 6) is 1.01. The molecule has 0 bridgehead atoms. The number of fused-ring (bicyclic) bond motifs is 1. The van der Waals surface area contributed by atoms with Gasteiger partial charge in [0, 0.05) is 17.8 Å². The number of anilines is 2. The lowest BCUT2D eigenvalue weighted by Crippen LogP contribution is -2.23. The maximum atomic E-state index is 5.87. The van der Waals surface area contributed by atoms with Crippen molar-refractivity contribution in [2.24, 2.45) is 0 Å². The summed E-state index contributed by atoms with van der Waals surface area (Å²) in [4.78, 5) is 0. The minimum absolute atomic E-state index is 0.198. The van der Waals surface area contributed by atoms with E-state index in [4.69, 9.17) is 10.5 Å². The van der Waals surface area contributed by atoms with Gasteiger partial charge in [-0.2, -0.15) is 0 Å². The first kappa shape index (κ1) is 11.0. The Hall–Kier alpha value is -2.16. The van der Waals surface area contributed by atoms with Crippen molar-refractivity contribution < 1.29 is 4.74 Å². The lowest BCUT2D eigenvalue weighted by Gasteiger charge is -2.13. The summed E-state index contributed by atoms with van der Waals surface area (Å²) in [5.41, 5.74) is 8.84. The van der Waals surface area contributed by atoms with E-state index in [-0.39, 0.29) is 6.10 Å². The third-order valence-electron chi connectivity index (χ3n) is 3.13. The molecule has 18 heavy (non-hydrogen) atoms. The molecule has 3 nitrogen and oxygen atoms in total. The van der Waals surface area contributed by atoms with Crippen molar-refractivity contribution in [3.63, 3.8) is 0 Å². The molecule has 0 radical (unpaired) electrons. The van der Waals surface area contributed by atoms with Gasteiger partial charge in [-0.15, -0.1) is 0 Å². The number of nitrogens with two attached hydrogens (primary N) is 1. The largest absolute Gasteiger partial charge is 0.488 e. The standard InChI is InChI=1S/C15H16N2O/c16-12-5-3-6-13(9-12)17-10-14-8-11-4-1-2-7-15(11)18-14/h1-7,9,14,17H,8,10,16H2. The first-order chi connectivity index (χ1) is 8.81.